The minimum atomic E-state index is -2.88. The average Bonchev–Trinajstić information content (AvgIpc) is 3.14. The minimum absolute atomic E-state index is 0.102. The van der Waals surface area contributed by atoms with Gasteiger partial charge in [-0.25, -0.2) is 14.4 Å². The summed E-state index contributed by atoms with van der Waals surface area (Å²) in [4.78, 5) is 14.4. The number of pyridine rings is 1. The number of aromatic nitrogens is 1. The summed E-state index contributed by atoms with van der Waals surface area (Å²) in [5.41, 5.74) is 6.33. The van der Waals surface area contributed by atoms with E-state index in [4.69, 9.17) is 5.73 Å². The summed E-state index contributed by atoms with van der Waals surface area (Å²) < 4.78 is 39.6. The van der Waals surface area contributed by atoms with E-state index >= 15 is 0 Å². The highest BCUT2D eigenvalue weighted by atomic mass is 19.3. The fourth-order valence-corrected chi connectivity index (χ4v) is 5.44. The van der Waals surface area contributed by atoms with Gasteiger partial charge in [-0.3, -0.25) is 4.90 Å². The van der Waals surface area contributed by atoms with Gasteiger partial charge in [0.1, 0.15) is 11.6 Å². The third-order valence-electron chi connectivity index (χ3n) is 6.69. The molecule has 1 spiro atoms. The molecule has 30 heavy (non-hydrogen) atoms. The molecule has 1 atom stereocenters. The number of hydrogen-bond donors (Lipinski definition) is 1. The summed E-state index contributed by atoms with van der Waals surface area (Å²) in [6.07, 6.45) is 7.20. The van der Waals surface area contributed by atoms with Gasteiger partial charge in [0.2, 0.25) is 0 Å². The van der Waals surface area contributed by atoms with Crippen LogP contribution < -0.4 is 10.6 Å². The lowest BCUT2D eigenvalue weighted by atomic mass is 9.78. The number of halogens is 3. The predicted octanol–water partition coefficient (Wildman–Crippen LogP) is 2.42. The van der Waals surface area contributed by atoms with Gasteiger partial charge in [0.05, 0.1) is 5.56 Å². The Balaban J connectivity index is 1.44. The Kier molecular flexibility index (Phi) is 6.02. The van der Waals surface area contributed by atoms with Crippen LogP contribution in [0.15, 0.2) is 23.5 Å². The molecule has 2 aliphatic heterocycles. The zero-order valence-corrected chi connectivity index (χ0v) is 17.3. The molecule has 0 amide bonds. The van der Waals surface area contributed by atoms with Gasteiger partial charge >= 0.3 is 6.55 Å². The second kappa shape index (κ2) is 8.55. The predicted molar refractivity (Wildman–Crippen MR) is 112 cm³/mol. The molecule has 4 rings (SSSR count). The van der Waals surface area contributed by atoms with E-state index in [-0.39, 0.29) is 11.1 Å². The number of allylic oxidation sites excluding steroid dienone is 1. The first-order valence-corrected chi connectivity index (χ1v) is 10.5. The van der Waals surface area contributed by atoms with Gasteiger partial charge in [-0.1, -0.05) is 0 Å². The maximum absolute atomic E-state index is 14.6. The molecular formula is C21H29F3N6. The number of piperazine rings is 1. The van der Waals surface area contributed by atoms with Crippen LogP contribution >= 0.6 is 0 Å². The summed E-state index contributed by atoms with van der Waals surface area (Å²) in [5.74, 6) is -0.123. The number of likely N-dealkylation sites (tertiary alicyclic amines) is 1. The molecule has 164 valence electrons. The van der Waals surface area contributed by atoms with E-state index in [2.05, 4.69) is 26.8 Å². The van der Waals surface area contributed by atoms with Crippen LogP contribution in [0.4, 0.5) is 19.0 Å². The van der Waals surface area contributed by atoms with Gasteiger partial charge < -0.3 is 15.5 Å². The zero-order valence-electron chi connectivity index (χ0n) is 17.3. The molecule has 0 aromatic carbocycles. The number of hydrogen-bond acceptors (Lipinski definition) is 6. The van der Waals surface area contributed by atoms with E-state index in [1.165, 1.54) is 44.6 Å². The maximum atomic E-state index is 14.6. The van der Waals surface area contributed by atoms with Gasteiger partial charge in [-0.05, 0) is 37.8 Å². The van der Waals surface area contributed by atoms with Crippen LogP contribution in [-0.4, -0.2) is 79.9 Å². The molecule has 6 nitrogen and oxygen atoms in total. The molecule has 1 aliphatic carbocycles. The van der Waals surface area contributed by atoms with Crippen LogP contribution in [0.1, 0.15) is 24.8 Å². The average molecular weight is 422 g/mol. The summed E-state index contributed by atoms with van der Waals surface area (Å²) >= 11 is 0. The molecule has 1 aromatic rings. The Labute approximate surface area is 175 Å². The van der Waals surface area contributed by atoms with Crippen LogP contribution in [0.3, 0.4) is 0 Å². The van der Waals surface area contributed by atoms with Crippen LogP contribution in [0.25, 0.3) is 5.57 Å². The maximum Gasteiger partial charge on any atom is 0.331 e. The van der Waals surface area contributed by atoms with Gasteiger partial charge in [-0.2, -0.15) is 8.78 Å². The third-order valence-corrected chi connectivity index (χ3v) is 6.69. The third kappa shape index (κ3) is 4.18. The molecule has 3 aliphatic rings. The van der Waals surface area contributed by atoms with Crippen LogP contribution in [0.5, 0.6) is 0 Å². The van der Waals surface area contributed by atoms with Crippen molar-refractivity contribution in [3.8, 4) is 0 Å². The second-order valence-corrected chi connectivity index (χ2v) is 8.76. The Bertz CT molecular complexity index is 813. The molecule has 0 radical (unpaired) electrons. The van der Waals surface area contributed by atoms with Crippen molar-refractivity contribution in [2.75, 3.05) is 51.2 Å². The van der Waals surface area contributed by atoms with Gasteiger partial charge in [0.15, 0.2) is 0 Å². The fraction of sp³-hybridized carbons (Fsp3) is 0.619. The number of nitrogens with zero attached hydrogens (tertiary/aromatic N) is 5. The first-order chi connectivity index (χ1) is 14.4. The van der Waals surface area contributed by atoms with Crippen LogP contribution in [-0.2, 0) is 0 Å². The summed E-state index contributed by atoms with van der Waals surface area (Å²) in [5, 5.41) is 0. The van der Waals surface area contributed by atoms with Crippen molar-refractivity contribution in [3.63, 3.8) is 0 Å². The zero-order chi connectivity index (χ0) is 21.3. The van der Waals surface area contributed by atoms with Crippen LogP contribution in [0.2, 0.25) is 0 Å². The molecule has 1 aromatic heterocycles. The van der Waals surface area contributed by atoms with E-state index in [1.54, 1.807) is 0 Å². The van der Waals surface area contributed by atoms with E-state index in [0.717, 1.165) is 25.5 Å². The second-order valence-electron chi connectivity index (χ2n) is 8.76. The Morgan fingerprint density at radius 1 is 1.30 bits per heavy atom. The van der Waals surface area contributed by atoms with Gasteiger partial charge in [0.25, 0.3) is 0 Å². The van der Waals surface area contributed by atoms with Crippen molar-refractivity contribution in [2.24, 2.45) is 16.1 Å². The molecule has 1 saturated carbocycles. The van der Waals surface area contributed by atoms with Gasteiger partial charge in [0, 0.05) is 69.5 Å². The summed E-state index contributed by atoms with van der Waals surface area (Å²) in [7, 11) is 2.18. The monoisotopic (exact) mass is 422 g/mol. The number of aliphatic imine (C=N–C) groups is 1. The lowest BCUT2D eigenvalue weighted by Crippen LogP contribution is -2.54. The molecule has 2 N–H and O–H groups in total. The lowest BCUT2D eigenvalue weighted by molar-refractivity contribution is 0.0204. The first kappa shape index (κ1) is 21.1. The molecule has 2 saturated heterocycles. The first-order valence-electron chi connectivity index (χ1n) is 10.5. The quantitative estimate of drug-likeness (QED) is 0.583. The highest BCUT2D eigenvalue weighted by Gasteiger charge is 2.48. The van der Waals surface area contributed by atoms with Crippen molar-refractivity contribution >= 4 is 17.6 Å². The highest BCUT2D eigenvalue weighted by Crippen LogP contribution is 2.46. The number of nitrogens with two attached hydrogens (primary N) is 1. The van der Waals surface area contributed by atoms with Crippen molar-refractivity contribution in [1.82, 2.24) is 14.8 Å². The summed E-state index contributed by atoms with van der Waals surface area (Å²) in [6, 6.07) is 1.82. The Morgan fingerprint density at radius 2 is 2.03 bits per heavy atom. The van der Waals surface area contributed by atoms with E-state index in [1.807, 2.05) is 4.90 Å². The smallest absolute Gasteiger partial charge is 0.331 e. The largest absolute Gasteiger partial charge is 0.404 e. The van der Waals surface area contributed by atoms with Crippen molar-refractivity contribution < 1.29 is 13.2 Å². The van der Waals surface area contributed by atoms with E-state index < -0.39 is 12.4 Å². The Hall–Kier alpha value is -2.13. The highest BCUT2D eigenvalue weighted by molar-refractivity contribution is 6.11. The molecular weight excluding hydrogens is 393 g/mol. The number of anilines is 1. The minimum Gasteiger partial charge on any atom is -0.404 e. The summed E-state index contributed by atoms with van der Waals surface area (Å²) in [6.45, 7) is 2.69. The molecule has 0 bridgehead atoms. The molecule has 1 unspecified atom stereocenters. The van der Waals surface area contributed by atoms with E-state index in [9.17, 15) is 13.2 Å². The van der Waals surface area contributed by atoms with Crippen molar-refractivity contribution in [3.05, 3.63) is 29.8 Å². The van der Waals surface area contributed by atoms with Crippen LogP contribution in [0, 0.1) is 11.2 Å². The fourth-order valence-electron chi connectivity index (χ4n) is 5.44. The van der Waals surface area contributed by atoms with Gasteiger partial charge in [-0.15, -0.1) is 0 Å². The molecule has 3 heterocycles. The molecule has 9 heteroatoms. The lowest BCUT2D eigenvalue weighted by Gasteiger charge is -2.47. The standard InChI is InChI=1S/C21H29F3N6/c1-28-13-21(14-28)4-2-16(10-21)29-6-8-30(9-7-29)19-18(17(22)3-5-26-19)15(11-25)12-27-20(23)24/h3,5,11-12,16,20H,2,4,6-10,13-14,25H2,1H3/b15-11+,27-12+. The topological polar surface area (TPSA) is 61.0 Å². The van der Waals surface area contributed by atoms with Crippen molar-refractivity contribution in [1.29, 1.82) is 0 Å². The number of alkyl halides is 2. The normalized spacial score (nSPS) is 25.6. The Morgan fingerprint density at radius 3 is 2.67 bits per heavy atom. The SMILES string of the molecule is CN1CC2(CCC(N3CCN(c4nccc(F)c4C(=C/N)/C=N/C(F)F)CC3)C2)C1. The number of rotatable bonds is 5. The van der Waals surface area contributed by atoms with Crippen molar-refractivity contribution in [2.45, 2.75) is 31.9 Å². The molecule has 3 fully saturated rings. The van der Waals surface area contributed by atoms with E-state index in [0.29, 0.717) is 30.4 Å².